The van der Waals surface area contributed by atoms with Crippen molar-refractivity contribution in [3.05, 3.63) is 0 Å². The van der Waals surface area contributed by atoms with Crippen molar-refractivity contribution in [2.45, 2.75) is 0 Å². The van der Waals surface area contributed by atoms with Gasteiger partial charge in [0.05, 0.1) is 0 Å². The van der Waals surface area contributed by atoms with Gasteiger partial charge in [-0.15, -0.1) is 0 Å². The van der Waals surface area contributed by atoms with Gasteiger partial charge in [-0.25, -0.2) is 0 Å². The summed E-state index contributed by atoms with van der Waals surface area (Å²) in [6.45, 7) is 0. The largest absolute Gasteiger partial charge is 2.00 e. The summed E-state index contributed by atoms with van der Waals surface area (Å²) in [5, 5.41) is 0. The van der Waals surface area contributed by atoms with Gasteiger partial charge in [0, 0.05) is 20.8 Å². The minimum atomic E-state index is -5.17. The Morgan fingerprint density at radius 1 is 0.421 bits per heavy atom. The molecule has 0 aromatic rings. The summed E-state index contributed by atoms with van der Waals surface area (Å²) in [5.74, 6) is 0. The number of hydrogen-bond donors (Lipinski definition) is 0. The molecule has 0 amide bonds. The van der Waals surface area contributed by atoms with Gasteiger partial charge >= 0.3 is 39.0 Å². The van der Waals surface area contributed by atoms with E-state index in [4.69, 9.17) is 35.0 Å². The monoisotopic (exact) mass is 446 g/mol. The molecule has 0 radical (unpaired) electrons. The number of rotatable bonds is 0. The molecule has 15 nitrogen and oxygen atoms in total. The Bertz CT molecular complexity index is 215. The van der Waals surface area contributed by atoms with Gasteiger partial charge in [-0.2, -0.15) is 0 Å². The van der Waals surface area contributed by atoms with Gasteiger partial charge in [-0.05, 0) is 0 Å². The first-order valence-corrected chi connectivity index (χ1v) is 4.00. The molecule has 0 aliphatic heterocycles. The molecule has 0 aliphatic carbocycles. The van der Waals surface area contributed by atoms with E-state index in [2.05, 4.69) is 0 Å². The second-order valence-corrected chi connectivity index (χ2v) is 2.45. The molecule has 0 unspecified atom stereocenters. The van der Waals surface area contributed by atoms with Crippen LogP contribution in [0.25, 0.3) is 0 Å². The van der Waals surface area contributed by atoms with Crippen LogP contribution in [0.3, 0.4) is 0 Å². The number of hydrogen-bond acceptors (Lipinski definition) is 8. The Balaban J connectivity index is -0.00000000508. The fourth-order valence-corrected chi connectivity index (χ4v) is 0. The van der Waals surface area contributed by atoms with E-state index < -0.39 is 20.8 Å². The minimum Gasteiger partial charge on any atom is -0.759 e. The molecule has 120 valence electrons. The predicted molar refractivity (Wildman–Crippen MR) is 46.2 cm³/mol. The first kappa shape index (κ1) is 91.0. The van der Waals surface area contributed by atoms with Crippen molar-refractivity contribution in [1.29, 1.82) is 0 Å². The molecule has 0 fully saturated rings. The molecule has 0 spiro atoms. The van der Waals surface area contributed by atoms with Crippen molar-refractivity contribution in [1.82, 2.24) is 0 Å². The van der Waals surface area contributed by atoms with Gasteiger partial charge in [-0.1, -0.05) is 0 Å². The van der Waals surface area contributed by atoms with Gasteiger partial charge in [0.15, 0.2) is 0 Å². The van der Waals surface area contributed by atoms with Gasteiger partial charge in [0.1, 0.15) is 0 Å². The third-order valence-electron chi connectivity index (χ3n) is 0. The van der Waals surface area contributed by atoms with Gasteiger partial charge in [-0.3, -0.25) is 16.8 Å². The summed E-state index contributed by atoms with van der Waals surface area (Å²) in [5.41, 5.74) is 0. The van der Waals surface area contributed by atoms with Gasteiger partial charge < -0.3 is 56.5 Å². The molecule has 14 N–H and O–H groups in total. The van der Waals surface area contributed by atoms with Crippen LogP contribution in [-0.4, -0.2) is 73.4 Å². The summed E-state index contributed by atoms with van der Waals surface area (Å²) in [6, 6.07) is 0. The maximum absolute atomic E-state index is 8.52. The van der Waals surface area contributed by atoms with E-state index in [9.17, 15) is 0 Å². The van der Waals surface area contributed by atoms with Crippen LogP contribution in [0.1, 0.15) is 0 Å². The maximum atomic E-state index is 8.52. The van der Waals surface area contributed by atoms with Crippen LogP contribution >= 0.6 is 0 Å². The summed E-state index contributed by atoms with van der Waals surface area (Å²) < 4.78 is 68.2. The quantitative estimate of drug-likeness (QED) is 0.193. The maximum Gasteiger partial charge on any atom is 2.00 e. The van der Waals surface area contributed by atoms with Crippen LogP contribution < -0.4 is 0 Å². The second-order valence-electron chi connectivity index (χ2n) is 0.816. The third kappa shape index (κ3) is 10500. The molecular weight excluding hydrogens is 435 g/mol. The summed E-state index contributed by atoms with van der Waals surface area (Å²) in [7, 11) is -10.3. The van der Waals surface area contributed by atoms with E-state index in [0.717, 1.165) is 0 Å². The van der Waals surface area contributed by atoms with Crippen molar-refractivity contribution in [3.8, 4) is 0 Å². The molecule has 0 aromatic carbocycles. The van der Waals surface area contributed by atoms with Crippen LogP contribution in [0.4, 0.5) is 0 Å². The first-order chi connectivity index (χ1) is 4.00. The normalized spacial score (nSPS) is 6.11. The standard InChI is InChI=1S/2H2O4S.7H2O.2Zn/c2*1-5(2,3)4;;;;;;;;;/h2*(H2,1,2,3,4);7*1H2;;/q;;;;;;;;;2*+2/p-4. The zero-order chi connectivity index (χ0) is 9.00. The molecule has 0 aliphatic rings. The molecule has 0 rings (SSSR count). The molecule has 0 atom stereocenters. The molecule has 0 saturated carbocycles. The average Bonchev–Trinajstić information content (AvgIpc) is 1.12. The van der Waals surface area contributed by atoms with Crippen molar-refractivity contribution < 1.29 is 112 Å². The fraction of sp³-hybridized carbons (Fsp3) is 0. The molecule has 19 heteroatoms. The summed E-state index contributed by atoms with van der Waals surface area (Å²) >= 11 is 0. The smallest absolute Gasteiger partial charge is 0.759 e. The zero-order valence-corrected chi connectivity index (χ0v) is 16.6. The van der Waals surface area contributed by atoms with Crippen molar-refractivity contribution in [2.75, 3.05) is 0 Å². The zero-order valence-electron chi connectivity index (χ0n) is 9.00. The Hall–Kier alpha value is 0.707. The van der Waals surface area contributed by atoms with Crippen LogP contribution in [0.15, 0.2) is 0 Å². The van der Waals surface area contributed by atoms with Crippen molar-refractivity contribution in [2.24, 2.45) is 0 Å². The summed E-state index contributed by atoms with van der Waals surface area (Å²) in [4.78, 5) is 0. The van der Waals surface area contributed by atoms with Crippen LogP contribution in [-0.2, 0) is 59.8 Å². The van der Waals surface area contributed by atoms with Gasteiger partial charge in [0.25, 0.3) is 0 Å². The minimum absolute atomic E-state index is 0. The van der Waals surface area contributed by atoms with E-state index in [1.807, 2.05) is 0 Å². The Morgan fingerprint density at radius 3 is 0.421 bits per heavy atom. The molecule has 19 heavy (non-hydrogen) atoms. The predicted octanol–water partition coefficient (Wildman–Crippen LogP) is -8.45. The Kier molecular flexibility index (Phi) is 174. The topological polar surface area (TPSA) is 381 Å². The third-order valence-corrected chi connectivity index (χ3v) is 0. The van der Waals surface area contributed by atoms with E-state index in [1.165, 1.54) is 0 Å². The molecule has 0 saturated heterocycles. The fourth-order valence-electron chi connectivity index (χ4n) is 0. The average molecular weight is 449 g/mol. The molecule has 0 aromatic heterocycles. The second kappa shape index (κ2) is 36.3. The van der Waals surface area contributed by atoms with E-state index in [-0.39, 0.29) is 77.3 Å². The van der Waals surface area contributed by atoms with Crippen LogP contribution in [0.5, 0.6) is 0 Å². The van der Waals surface area contributed by atoms with Crippen LogP contribution in [0.2, 0.25) is 0 Å². The van der Waals surface area contributed by atoms with E-state index in [0.29, 0.717) is 0 Å². The Morgan fingerprint density at radius 2 is 0.421 bits per heavy atom. The first-order valence-electron chi connectivity index (χ1n) is 1.33. The van der Waals surface area contributed by atoms with Crippen molar-refractivity contribution >= 4 is 20.8 Å². The van der Waals surface area contributed by atoms with Gasteiger partial charge in [0.2, 0.25) is 0 Å². The van der Waals surface area contributed by atoms with Crippen LogP contribution in [0, 0.1) is 0 Å². The van der Waals surface area contributed by atoms with E-state index >= 15 is 0 Å². The van der Waals surface area contributed by atoms with E-state index in [1.54, 1.807) is 0 Å². The molecule has 0 heterocycles. The van der Waals surface area contributed by atoms with Crippen molar-refractivity contribution in [3.63, 3.8) is 0 Å². The Labute approximate surface area is 133 Å². The SMILES string of the molecule is O.O.O.O.O.O.O.O=S(=O)([O-])[O-].O=S(=O)([O-])[O-].[Zn+2].[Zn+2]. The summed E-state index contributed by atoms with van der Waals surface area (Å²) in [6.07, 6.45) is 0. The molecular formula is H14O15S2Zn2. The molecule has 0 bridgehead atoms.